The highest BCUT2D eigenvalue weighted by atomic mass is 19.1. The zero-order valence-corrected chi connectivity index (χ0v) is 11.0. The first-order valence-electron chi connectivity index (χ1n) is 6.53. The summed E-state index contributed by atoms with van der Waals surface area (Å²) in [4.78, 5) is 14.0. The van der Waals surface area contributed by atoms with Crippen LogP contribution in [-0.2, 0) is 4.79 Å². The van der Waals surface area contributed by atoms with Crippen LogP contribution in [-0.4, -0.2) is 36.8 Å². The Bertz CT molecular complexity index is 453. The van der Waals surface area contributed by atoms with Crippen LogP contribution in [0.25, 0.3) is 0 Å². The van der Waals surface area contributed by atoms with Crippen LogP contribution in [0.5, 0.6) is 0 Å². The summed E-state index contributed by atoms with van der Waals surface area (Å²) in [5.41, 5.74) is 0.573. The Morgan fingerprint density at radius 1 is 1.53 bits per heavy atom. The van der Waals surface area contributed by atoms with Gasteiger partial charge in [0, 0.05) is 25.4 Å². The van der Waals surface area contributed by atoms with E-state index in [-0.39, 0.29) is 24.2 Å². The Labute approximate surface area is 112 Å². The van der Waals surface area contributed by atoms with Crippen LogP contribution >= 0.6 is 0 Å². The first kappa shape index (κ1) is 14.0. The summed E-state index contributed by atoms with van der Waals surface area (Å²) in [5.74, 6) is -0.186. The second-order valence-corrected chi connectivity index (χ2v) is 5.01. The number of amides is 1. The van der Waals surface area contributed by atoms with E-state index in [0.29, 0.717) is 25.2 Å². The molecule has 0 spiro atoms. The van der Waals surface area contributed by atoms with E-state index in [4.69, 9.17) is 5.11 Å². The van der Waals surface area contributed by atoms with E-state index in [1.807, 2.05) is 6.92 Å². The van der Waals surface area contributed by atoms with Gasteiger partial charge in [0.1, 0.15) is 5.82 Å². The lowest BCUT2D eigenvalue weighted by Crippen LogP contribution is -2.44. The Hall–Kier alpha value is -1.46. The smallest absolute Gasteiger partial charge is 0.244 e. The standard InChI is InChI=1S/C14H19FN2O2/c1-10-8-16-13(5-6-18)14(19)17(9-10)12-4-2-3-11(15)7-12/h2-4,7,10,13,16,18H,5-6,8-9H2,1H3. The van der Waals surface area contributed by atoms with E-state index in [1.165, 1.54) is 12.1 Å². The van der Waals surface area contributed by atoms with Crippen molar-refractivity contribution in [2.45, 2.75) is 19.4 Å². The molecule has 4 nitrogen and oxygen atoms in total. The SMILES string of the molecule is CC1CNC(CCO)C(=O)N(c2cccc(F)c2)C1. The lowest BCUT2D eigenvalue weighted by Gasteiger charge is -2.25. The molecule has 0 bridgehead atoms. The van der Waals surface area contributed by atoms with Gasteiger partial charge in [0.25, 0.3) is 0 Å². The monoisotopic (exact) mass is 266 g/mol. The average Bonchev–Trinajstić information content (AvgIpc) is 2.52. The number of hydrogen-bond donors (Lipinski definition) is 2. The maximum absolute atomic E-state index is 13.3. The van der Waals surface area contributed by atoms with Crippen molar-refractivity contribution in [3.8, 4) is 0 Å². The van der Waals surface area contributed by atoms with Gasteiger partial charge in [0.15, 0.2) is 0 Å². The summed E-state index contributed by atoms with van der Waals surface area (Å²) < 4.78 is 13.3. The lowest BCUT2D eigenvalue weighted by atomic mass is 10.1. The van der Waals surface area contributed by atoms with Gasteiger partial charge in [0.05, 0.1) is 6.04 Å². The predicted molar refractivity (Wildman–Crippen MR) is 71.4 cm³/mol. The predicted octanol–water partition coefficient (Wildman–Crippen LogP) is 1.15. The van der Waals surface area contributed by atoms with Gasteiger partial charge in [-0.3, -0.25) is 4.79 Å². The molecule has 2 rings (SSSR count). The van der Waals surface area contributed by atoms with Crippen molar-refractivity contribution >= 4 is 11.6 Å². The van der Waals surface area contributed by atoms with Crippen LogP contribution in [0.2, 0.25) is 0 Å². The highest BCUT2D eigenvalue weighted by molar-refractivity contribution is 5.97. The van der Waals surface area contributed by atoms with Crippen LogP contribution < -0.4 is 10.2 Å². The van der Waals surface area contributed by atoms with E-state index in [2.05, 4.69) is 5.32 Å². The number of carbonyl (C=O) groups excluding carboxylic acids is 1. The van der Waals surface area contributed by atoms with E-state index in [1.54, 1.807) is 17.0 Å². The first-order valence-corrected chi connectivity index (χ1v) is 6.53. The third-order valence-electron chi connectivity index (χ3n) is 3.31. The molecule has 1 aliphatic rings. The molecule has 19 heavy (non-hydrogen) atoms. The molecule has 1 saturated heterocycles. The topological polar surface area (TPSA) is 52.6 Å². The Morgan fingerprint density at radius 2 is 2.32 bits per heavy atom. The van der Waals surface area contributed by atoms with Crippen LogP contribution in [0.1, 0.15) is 13.3 Å². The zero-order valence-electron chi connectivity index (χ0n) is 11.0. The summed E-state index contributed by atoms with van der Waals surface area (Å²) in [7, 11) is 0. The van der Waals surface area contributed by atoms with E-state index < -0.39 is 6.04 Å². The second kappa shape index (κ2) is 6.12. The van der Waals surface area contributed by atoms with E-state index >= 15 is 0 Å². The van der Waals surface area contributed by atoms with Gasteiger partial charge in [-0.2, -0.15) is 0 Å². The summed E-state index contributed by atoms with van der Waals surface area (Å²) >= 11 is 0. The van der Waals surface area contributed by atoms with Gasteiger partial charge < -0.3 is 15.3 Å². The van der Waals surface area contributed by atoms with Crippen molar-refractivity contribution in [2.24, 2.45) is 5.92 Å². The van der Waals surface area contributed by atoms with Crippen molar-refractivity contribution in [1.29, 1.82) is 0 Å². The van der Waals surface area contributed by atoms with Gasteiger partial charge >= 0.3 is 0 Å². The molecule has 1 fully saturated rings. The largest absolute Gasteiger partial charge is 0.396 e. The molecule has 104 valence electrons. The molecule has 2 N–H and O–H groups in total. The van der Waals surface area contributed by atoms with Crippen LogP contribution in [0.15, 0.2) is 24.3 Å². The molecule has 2 unspecified atom stereocenters. The molecule has 0 saturated carbocycles. The van der Waals surface area contributed by atoms with Crippen molar-refractivity contribution in [3.05, 3.63) is 30.1 Å². The number of carbonyl (C=O) groups is 1. The zero-order chi connectivity index (χ0) is 13.8. The molecule has 5 heteroatoms. The fourth-order valence-electron chi connectivity index (χ4n) is 2.32. The molecule has 1 amide bonds. The molecule has 1 aromatic carbocycles. The molecule has 1 aromatic rings. The molecule has 1 heterocycles. The van der Waals surface area contributed by atoms with Crippen molar-refractivity contribution < 1.29 is 14.3 Å². The first-order chi connectivity index (χ1) is 9.11. The number of hydrogen-bond acceptors (Lipinski definition) is 3. The number of benzene rings is 1. The van der Waals surface area contributed by atoms with Crippen molar-refractivity contribution in [3.63, 3.8) is 0 Å². The third kappa shape index (κ3) is 3.30. The Balaban J connectivity index is 2.27. The van der Waals surface area contributed by atoms with Crippen molar-refractivity contribution in [2.75, 3.05) is 24.6 Å². The van der Waals surface area contributed by atoms with Crippen LogP contribution in [0.4, 0.5) is 10.1 Å². The summed E-state index contributed by atoms with van der Waals surface area (Å²) in [5, 5.41) is 12.2. The Morgan fingerprint density at radius 3 is 3.00 bits per heavy atom. The quantitative estimate of drug-likeness (QED) is 0.863. The minimum absolute atomic E-state index is 0.0468. The van der Waals surface area contributed by atoms with Crippen LogP contribution in [0, 0.1) is 11.7 Å². The van der Waals surface area contributed by atoms with Gasteiger partial charge in [-0.05, 0) is 30.5 Å². The molecule has 2 atom stereocenters. The van der Waals surface area contributed by atoms with Gasteiger partial charge in [-0.1, -0.05) is 13.0 Å². The molecule has 0 aliphatic carbocycles. The number of aliphatic hydroxyl groups is 1. The number of nitrogens with zero attached hydrogens (tertiary/aromatic N) is 1. The fourth-order valence-corrected chi connectivity index (χ4v) is 2.32. The minimum Gasteiger partial charge on any atom is -0.396 e. The maximum Gasteiger partial charge on any atom is 0.244 e. The van der Waals surface area contributed by atoms with Gasteiger partial charge in [-0.15, -0.1) is 0 Å². The maximum atomic E-state index is 13.3. The number of nitrogens with one attached hydrogen (secondary N) is 1. The fraction of sp³-hybridized carbons (Fsp3) is 0.500. The highest BCUT2D eigenvalue weighted by Crippen LogP contribution is 2.20. The number of anilines is 1. The van der Waals surface area contributed by atoms with Gasteiger partial charge in [0.2, 0.25) is 5.91 Å². The molecule has 1 aliphatic heterocycles. The third-order valence-corrected chi connectivity index (χ3v) is 3.31. The molecule has 0 aromatic heterocycles. The average molecular weight is 266 g/mol. The highest BCUT2D eigenvalue weighted by Gasteiger charge is 2.29. The number of rotatable bonds is 3. The minimum atomic E-state index is -0.404. The summed E-state index contributed by atoms with van der Waals surface area (Å²) in [6.45, 7) is 3.25. The van der Waals surface area contributed by atoms with Crippen molar-refractivity contribution in [1.82, 2.24) is 5.32 Å². The summed E-state index contributed by atoms with van der Waals surface area (Å²) in [6, 6.07) is 5.65. The summed E-state index contributed by atoms with van der Waals surface area (Å²) in [6.07, 6.45) is 0.372. The molecular weight excluding hydrogens is 247 g/mol. The second-order valence-electron chi connectivity index (χ2n) is 5.01. The Kier molecular flexibility index (Phi) is 4.50. The lowest BCUT2D eigenvalue weighted by molar-refractivity contribution is -0.120. The molecule has 0 radical (unpaired) electrons. The molecular formula is C14H19FN2O2. The van der Waals surface area contributed by atoms with Crippen LogP contribution in [0.3, 0.4) is 0 Å². The van der Waals surface area contributed by atoms with E-state index in [9.17, 15) is 9.18 Å². The number of halogens is 1. The van der Waals surface area contributed by atoms with E-state index in [0.717, 1.165) is 0 Å². The van der Waals surface area contributed by atoms with Gasteiger partial charge in [-0.25, -0.2) is 4.39 Å². The normalized spacial score (nSPS) is 24.4. The number of aliphatic hydroxyl groups excluding tert-OH is 1.